The number of pyridine rings is 1. The molecule has 0 spiro atoms. The van der Waals surface area contributed by atoms with Crippen molar-refractivity contribution >= 4 is 50.6 Å². The van der Waals surface area contributed by atoms with E-state index in [1.165, 1.54) is 18.6 Å². The first-order valence-corrected chi connectivity index (χ1v) is 11.5. The number of hydrogen-bond acceptors (Lipinski definition) is 8. The third-order valence-corrected chi connectivity index (χ3v) is 8.55. The van der Waals surface area contributed by atoms with Gasteiger partial charge in [-0.25, -0.2) is 19.3 Å². The van der Waals surface area contributed by atoms with Gasteiger partial charge in [-0.05, 0) is 45.0 Å². The summed E-state index contributed by atoms with van der Waals surface area (Å²) in [7, 11) is -3.17. The van der Waals surface area contributed by atoms with Crippen LogP contribution < -0.4 is 11.1 Å². The fourth-order valence-electron chi connectivity index (χ4n) is 3.47. The number of amidine groups is 1. The van der Waals surface area contributed by atoms with Crippen molar-refractivity contribution in [3.8, 4) is 0 Å². The van der Waals surface area contributed by atoms with Crippen LogP contribution >= 0.6 is 22.2 Å². The molecule has 0 aliphatic carbocycles. The average molecular weight is 465 g/mol. The van der Waals surface area contributed by atoms with Crippen molar-refractivity contribution in [3.63, 3.8) is 0 Å². The van der Waals surface area contributed by atoms with Gasteiger partial charge in [-0.3, -0.25) is 14.1 Å². The quantitative estimate of drug-likeness (QED) is 0.443. The van der Waals surface area contributed by atoms with Crippen molar-refractivity contribution < 1.29 is 13.5 Å². The fourth-order valence-corrected chi connectivity index (χ4v) is 5.37. The Kier molecular flexibility index (Phi) is 5.08. The maximum absolute atomic E-state index is 14.9. The van der Waals surface area contributed by atoms with Crippen LogP contribution in [0.3, 0.4) is 0 Å². The molecule has 0 unspecified atom stereocenters. The minimum absolute atomic E-state index is 0.0712. The molecule has 1 aliphatic heterocycles. The van der Waals surface area contributed by atoms with E-state index in [-0.39, 0.29) is 17.2 Å². The first-order valence-electron chi connectivity index (χ1n) is 9.37. The van der Waals surface area contributed by atoms with Gasteiger partial charge in [0.1, 0.15) is 33.8 Å². The van der Waals surface area contributed by atoms with Gasteiger partial charge in [0, 0.05) is 17.4 Å². The Morgan fingerprint density at radius 1 is 1.16 bits per heavy atom. The SMILES string of the molecule is CC1(C)C(N)=N[C@](C)(c2cc(Nc3ncnc4cc(Cl)cnc34)ccc2F)CS1(O)O. The lowest BCUT2D eigenvalue weighted by Crippen LogP contribution is -2.52. The third kappa shape index (κ3) is 3.69. The van der Waals surface area contributed by atoms with E-state index in [1.807, 2.05) is 0 Å². The van der Waals surface area contributed by atoms with Gasteiger partial charge < -0.3 is 11.1 Å². The van der Waals surface area contributed by atoms with E-state index in [9.17, 15) is 13.5 Å². The molecular formula is C20H22ClFN6O2S. The molecule has 0 saturated heterocycles. The van der Waals surface area contributed by atoms with Crippen molar-refractivity contribution in [2.24, 2.45) is 10.7 Å². The molecule has 0 saturated carbocycles. The summed E-state index contributed by atoms with van der Waals surface area (Å²) >= 11 is 5.98. The molecule has 8 nitrogen and oxygen atoms in total. The standard InChI is InChI=1S/C20H22ClFN6O2S/c1-19(2)18(23)28-20(3,9-31(19,29)30)13-7-12(4-5-14(13)22)27-17-16-15(25-10-26-17)6-11(21)8-24-16/h4-8,10,29-30H,9H2,1-3H3,(H2,23,28)(H,25,26,27)/t20-/m0/s1. The van der Waals surface area contributed by atoms with Crippen molar-refractivity contribution in [1.29, 1.82) is 0 Å². The number of nitrogens with zero attached hydrogens (tertiary/aromatic N) is 4. The average Bonchev–Trinajstić information content (AvgIpc) is 2.67. The molecule has 31 heavy (non-hydrogen) atoms. The molecule has 164 valence electrons. The number of aromatic nitrogens is 3. The minimum Gasteiger partial charge on any atom is -0.386 e. The number of rotatable bonds is 3. The summed E-state index contributed by atoms with van der Waals surface area (Å²) in [5, 5.41) is 3.57. The maximum Gasteiger partial charge on any atom is 0.160 e. The number of aliphatic imine (C=N–C) groups is 1. The molecule has 0 amide bonds. The van der Waals surface area contributed by atoms with Gasteiger partial charge in [-0.2, -0.15) is 10.6 Å². The highest BCUT2D eigenvalue weighted by molar-refractivity contribution is 8.26. The monoisotopic (exact) mass is 464 g/mol. The molecule has 11 heteroatoms. The van der Waals surface area contributed by atoms with Gasteiger partial charge in [0.15, 0.2) is 5.82 Å². The molecular weight excluding hydrogens is 443 g/mol. The van der Waals surface area contributed by atoms with Crippen molar-refractivity contribution in [1.82, 2.24) is 15.0 Å². The first kappa shape index (κ1) is 21.7. The van der Waals surface area contributed by atoms with E-state index >= 15 is 0 Å². The van der Waals surface area contributed by atoms with Gasteiger partial charge in [0.25, 0.3) is 0 Å². The van der Waals surface area contributed by atoms with E-state index in [0.717, 1.165) is 0 Å². The van der Waals surface area contributed by atoms with Crippen LogP contribution in [-0.2, 0) is 5.54 Å². The minimum atomic E-state index is -3.17. The third-order valence-electron chi connectivity index (χ3n) is 5.54. The van der Waals surface area contributed by atoms with Crippen molar-refractivity contribution in [2.75, 3.05) is 11.1 Å². The van der Waals surface area contributed by atoms with Crippen LogP contribution in [0.4, 0.5) is 15.9 Å². The number of anilines is 2. The van der Waals surface area contributed by atoms with Crippen LogP contribution in [0.15, 0.2) is 41.8 Å². The van der Waals surface area contributed by atoms with Gasteiger partial charge in [0.05, 0.1) is 16.3 Å². The van der Waals surface area contributed by atoms with Crippen LogP contribution in [0.5, 0.6) is 0 Å². The Hall–Kier alpha value is -2.53. The molecule has 0 bridgehead atoms. The van der Waals surface area contributed by atoms with Gasteiger partial charge in [-0.1, -0.05) is 11.6 Å². The topological polar surface area (TPSA) is 130 Å². The molecule has 0 fully saturated rings. The van der Waals surface area contributed by atoms with E-state index in [0.29, 0.717) is 27.6 Å². The zero-order valence-corrected chi connectivity index (χ0v) is 18.7. The normalized spacial score (nSPS) is 23.3. The summed E-state index contributed by atoms with van der Waals surface area (Å²) in [6.07, 6.45) is 2.86. The van der Waals surface area contributed by atoms with E-state index in [1.54, 1.807) is 39.0 Å². The second-order valence-corrected chi connectivity index (χ2v) is 11.2. The fraction of sp³-hybridized carbons (Fsp3) is 0.300. The summed E-state index contributed by atoms with van der Waals surface area (Å²) in [5.41, 5.74) is 6.57. The largest absolute Gasteiger partial charge is 0.386 e. The molecule has 1 aliphatic rings. The van der Waals surface area contributed by atoms with Gasteiger partial charge >= 0.3 is 0 Å². The van der Waals surface area contributed by atoms with E-state index < -0.39 is 26.7 Å². The molecule has 0 radical (unpaired) electrons. The molecule has 5 N–H and O–H groups in total. The lowest BCUT2D eigenvalue weighted by Gasteiger charge is -2.53. The molecule has 1 atom stereocenters. The zero-order valence-electron chi connectivity index (χ0n) is 17.1. The zero-order chi connectivity index (χ0) is 22.6. The number of nitrogens with two attached hydrogens (primary N) is 1. The second-order valence-electron chi connectivity index (χ2n) is 8.16. The predicted octanol–water partition coefficient (Wildman–Crippen LogP) is 4.68. The van der Waals surface area contributed by atoms with Crippen LogP contribution in [0, 0.1) is 5.82 Å². The lowest BCUT2D eigenvalue weighted by molar-refractivity contribution is 0.417. The molecule has 3 heterocycles. The molecule has 1 aromatic carbocycles. The lowest BCUT2D eigenvalue weighted by atomic mass is 9.92. The number of halogens is 2. The highest BCUT2D eigenvalue weighted by Crippen LogP contribution is 2.59. The number of hydrogen-bond donors (Lipinski definition) is 4. The van der Waals surface area contributed by atoms with E-state index in [2.05, 4.69) is 25.3 Å². The predicted molar refractivity (Wildman–Crippen MR) is 123 cm³/mol. The first-order chi connectivity index (χ1) is 14.4. The number of nitrogens with one attached hydrogen (secondary N) is 1. The van der Waals surface area contributed by atoms with E-state index in [4.69, 9.17) is 17.3 Å². The maximum atomic E-state index is 14.9. The van der Waals surface area contributed by atoms with Crippen LogP contribution in [0.25, 0.3) is 11.0 Å². The summed E-state index contributed by atoms with van der Waals surface area (Å²) in [4.78, 5) is 17.1. The molecule has 4 rings (SSSR count). The number of fused-ring (bicyclic) bond motifs is 1. The van der Waals surface area contributed by atoms with Gasteiger partial charge in [0.2, 0.25) is 0 Å². The van der Waals surface area contributed by atoms with Crippen LogP contribution in [-0.4, -0.2) is 40.4 Å². The highest BCUT2D eigenvalue weighted by Gasteiger charge is 2.49. The highest BCUT2D eigenvalue weighted by atomic mass is 35.5. The molecule has 2 aromatic heterocycles. The Morgan fingerprint density at radius 3 is 2.61 bits per heavy atom. The summed E-state index contributed by atoms with van der Waals surface area (Å²) < 4.78 is 35.2. The van der Waals surface area contributed by atoms with Crippen molar-refractivity contribution in [3.05, 3.63) is 53.2 Å². The van der Waals surface area contributed by atoms with Crippen molar-refractivity contribution in [2.45, 2.75) is 31.1 Å². The summed E-state index contributed by atoms with van der Waals surface area (Å²) in [5.74, 6) is -0.190. The molecule has 3 aromatic rings. The Bertz CT molecular complexity index is 1220. The summed E-state index contributed by atoms with van der Waals surface area (Å²) in [6, 6.07) is 6.06. The van der Waals surface area contributed by atoms with Crippen LogP contribution in [0.1, 0.15) is 26.3 Å². The second kappa shape index (κ2) is 7.27. The Morgan fingerprint density at radius 2 is 1.90 bits per heavy atom. The summed E-state index contributed by atoms with van der Waals surface area (Å²) in [6.45, 7) is 4.87. The number of benzene rings is 1. The Labute approximate surface area is 185 Å². The van der Waals surface area contributed by atoms with Gasteiger partial charge in [-0.15, -0.1) is 0 Å². The smallest absolute Gasteiger partial charge is 0.160 e. The van der Waals surface area contributed by atoms with Crippen LogP contribution in [0.2, 0.25) is 5.02 Å². The Balaban J connectivity index is 1.76.